The van der Waals surface area contributed by atoms with Crippen LogP contribution in [0.4, 0.5) is 5.82 Å². The SMILES string of the molecule is Cc1ccccc1C(=O)NCc1ccc(-c2nn([C@H]3CCO[C@@H]3C)c(N)c2C(N)=O)cc1. The third kappa shape index (κ3) is 4.09. The van der Waals surface area contributed by atoms with Crippen LogP contribution in [0.25, 0.3) is 11.3 Å². The Morgan fingerprint density at radius 3 is 2.53 bits per heavy atom. The Labute approximate surface area is 186 Å². The molecule has 2 atom stereocenters. The van der Waals surface area contributed by atoms with Crippen molar-refractivity contribution in [3.05, 3.63) is 70.8 Å². The van der Waals surface area contributed by atoms with Crippen LogP contribution < -0.4 is 16.8 Å². The van der Waals surface area contributed by atoms with Gasteiger partial charge in [-0.3, -0.25) is 9.59 Å². The molecule has 1 fully saturated rings. The van der Waals surface area contributed by atoms with Crippen LogP contribution in [-0.4, -0.2) is 34.3 Å². The summed E-state index contributed by atoms with van der Waals surface area (Å²) in [5.74, 6) is -0.489. The van der Waals surface area contributed by atoms with Crippen molar-refractivity contribution >= 4 is 17.6 Å². The van der Waals surface area contributed by atoms with E-state index in [1.807, 2.05) is 56.3 Å². The number of nitrogen functional groups attached to an aromatic ring is 1. The lowest BCUT2D eigenvalue weighted by Crippen LogP contribution is -2.23. The molecule has 32 heavy (non-hydrogen) atoms. The van der Waals surface area contributed by atoms with E-state index < -0.39 is 5.91 Å². The number of carbonyl (C=O) groups excluding carboxylic acids is 2. The molecule has 4 rings (SSSR count). The van der Waals surface area contributed by atoms with E-state index in [9.17, 15) is 9.59 Å². The summed E-state index contributed by atoms with van der Waals surface area (Å²) in [6, 6.07) is 14.9. The van der Waals surface area contributed by atoms with Gasteiger partial charge < -0.3 is 21.5 Å². The third-order valence-corrected chi connectivity index (χ3v) is 5.91. The van der Waals surface area contributed by atoms with Crippen molar-refractivity contribution in [1.82, 2.24) is 15.1 Å². The number of primary amides is 1. The number of nitrogens with zero attached hydrogens (tertiary/aromatic N) is 2. The van der Waals surface area contributed by atoms with Gasteiger partial charge in [-0.05, 0) is 37.5 Å². The first-order valence-electron chi connectivity index (χ1n) is 10.6. The number of aromatic nitrogens is 2. The molecule has 8 nitrogen and oxygen atoms in total. The van der Waals surface area contributed by atoms with E-state index in [1.165, 1.54) is 0 Å². The molecule has 0 aliphatic carbocycles. The number of ether oxygens (including phenoxy) is 1. The van der Waals surface area contributed by atoms with Crippen molar-refractivity contribution in [2.45, 2.75) is 39.0 Å². The van der Waals surface area contributed by atoms with E-state index in [1.54, 1.807) is 10.7 Å². The number of hydrogen-bond acceptors (Lipinski definition) is 5. The van der Waals surface area contributed by atoms with Crippen LogP contribution in [0.2, 0.25) is 0 Å². The second-order valence-electron chi connectivity index (χ2n) is 8.04. The van der Waals surface area contributed by atoms with Gasteiger partial charge in [-0.15, -0.1) is 0 Å². The average molecular weight is 434 g/mol. The summed E-state index contributed by atoms with van der Waals surface area (Å²) >= 11 is 0. The Morgan fingerprint density at radius 2 is 1.91 bits per heavy atom. The van der Waals surface area contributed by atoms with E-state index in [0.717, 1.165) is 23.1 Å². The summed E-state index contributed by atoms with van der Waals surface area (Å²) in [6.45, 7) is 4.87. The highest BCUT2D eigenvalue weighted by Gasteiger charge is 2.31. The molecule has 2 amide bonds. The minimum Gasteiger partial charge on any atom is -0.383 e. The monoisotopic (exact) mass is 433 g/mol. The molecule has 0 spiro atoms. The maximum Gasteiger partial charge on any atom is 0.254 e. The molecular formula is C24H27N5O3. The molecule has 2 heterocycles. The number of rotatable bonds is 6. The van der Waals surface area contributed by atoms with E-state index in [-0.39, 0.29) is 29.4 Å². The van der Waals surface area contributed by atoms with Gasteiger partial charge in [0, 0.05) is 24.3 Å². The molecule has 0 bridgehead atoms. The van der Waals surface area contributed by atoms with Gasteiger partial charge in [0.1, 0.15) is 17.1 Å². The number of amides is 2. The summed E-state index contributed by atoms with van der Waals surface area (Å²) < 4.78 is 7.28. The summed E-state index contributed by atoms with van der Waals surface area (Å²) in [6.07, 6.45) is 0.717. The predicted octanol–water partition coefficient (Wildman–Crippen LogP) is 2.82. The summed E-state index contributed by atoms with van der Waals surface area (Å²) in [4.78, 5) is 24.6. The van der Waals surface area contributed by atoms with Crippen LogP contribution in [0.3, 0.4) is 0 Å². The van der Waals surface area contributed by atoms with Crippen LogP contribution in [-0.2, 0) is 11.3 Å². The fraction of sp³-hybridized carbons (Fsp3) is 0.292. The van der Waals surface area contributed by atoms with E-state index in [0.29, 0.717) is 24.4 Å². The van der Waals surface area contributed by atoms with E-state index in [2.05, 4.69) is 10.4 Å². The van der Waals surface area contributed by atoms with Crippen molar-refractivity contribution in [2.24, 2.45) is 5.73 Å². The second kappa shape index (κ2) is 8.84. The lowest BCUT2D eigenvalue weighted by atomic mass is 10.0. The molecular weight excluding hydrogens is 406 g/mol. The lowest BCUT2D eigenvalue weighted by Gasteiger charge is -2.16. The zero-order chi connectivity index (χ0) is 22.8. The van der Waals surface area contributed by atoms with Gasteiger partial charge in [0.05, 0.1) is 12.1 Å². The molecule has 1 saturated heterocycles. The Morgan fingerprint density at radius 1 is 1.19 bits per heavy atom. The maximum atomic E-state index is 12.4. The first kappa shape index (κ1) is 21.6. The number of nitrogens with two attached hydrogens (primary N) is 2. The number of anilines is 1. The quantitative estimate of drug-likeness (QED) is 0.551. The van der Waals surface area contributed by atoms with Crippen molar-refractivity contribution in [2.75, 3.05) is 12.3 Å². The number of nitrogens with one attached hydrogen (secondary N) is 1. The van der Waals surface area contributed by atoms with Gasteiger partial charge in [0.15, 0.2) is 0 Å². The highest BCUT2D eigenvalue weighted by Crippen LogP contribution is 2.34. The Balaban J connectivity index is 1.54. The molecule has 0 unspecified atom stereocenters. The maximum absolute atomic E-state index is 12.4. The first-order valence-corrected chi connectivity index (χ1v) is 10.6. The fourth-order valence-corrected chi connectivity index (χ4v) is 4.07. The summed E-state index contributed by atoms with van der Waals surface area (Å²) in [5, 5.41) is 7.56. The van der Waals surface area contributed by atoms with Gasteiger partial charge in [0.2, 0.25) is 0 Å². The number of carbonyl (C=O) groups is 2. The van der Waals surface area contributed by atoms with Crippen molar-refractivity contribution < 1.29 is 14.3 Å². The molecule has 166 valence electrons. The number of hydrogen-bond donors (Lipinski definition) is 3. The van der Waals surface area contributed by atoms with Crippen molar-refractivity contribution in [3.8, 4) is 11.3 Å². The topological polar surface area (TPSA) is 125 Å². The van der Waals surface area contributed by atoms with E-state index >= 15 is 0 Å². The Hall–Kier alpha value is -3.65. The molecule has 0 radical (unpaired) electrons. The smallest absolute Gasteiger partial charge is 0.254 e. The van der Waals surface area contributed by atoms with Gasteiger partial charge in [-0.2, -0.15) is 5.10 Å². The second-order valence-corrected chi connectivity index (χ2v) is 8.04. The van der Waals surface area contributed by atoms with Gasteiger partial charge >= 0.3 is 0 Å². The first-order chi connectivity index (χ1) is 15.4. The van der Waals surface area contributed by atoms with Gasteiger partial charge in [-0.25, -0.2) is 4.68 Å². The van der Waals surface area contributed by atoms with Crippen LogP contribution in [0, 0.1) is 6.92 Å². The number of benzene rings is 2. The van der Waals surface area contributed by atoms with Crippen LogP contribution in [0.15, 0.2) is 48.5 Å². The highest BCUT2D eigenvalue weighted by molar-refractivity contribution is 6.03. The molecule has 2 aromatic carbocycles. The normalized spacial score (nSPS) is 17.9. The van der Waals surface area contributed by atoms with Gasteiger partial charge in [0.25, 0.3) is 11.8 Å². The fourth-order valence-electron chi connectivity index (χ4n) is 4.07. The highest BCUT2D eigenvalue weighted by atomic mass is 16.5. The van der Waals surface area contributed by atoms with Crippen LogP contribution in [0.1, 0.15) is 51.2 Å². The number of aryl methyl sites for hydroxylation is 1. The molecule has 5 N–H and O–H groups in total. The third-order valence-electron chi connectivity index (χ3n) is 5.91. The zero-order valence-corrected chi connectivity index (χ0v) is 18.2. The largest absolute Gasteiger partial charge is 0.383 e. The molecule has 0 saturated carbocycles. The molecule has 1 aliphatic rings. The summed E-state index contributed by atoms with van der Waals surface area (Å²) in [7, 11) is 0. The molecule has 1 aromatic heterocycles. The standard InChI is InChI=1S/C24H27N5O3/c1-14-5-3-4-6-18(14)24(31)27-13-16-7-9-17(10-8-16)21-20(23(26)30)22(25)29(28-21)19-11-12-32-15(19)2/h3-10,15,19H,11-13,25H2,1-2H3,(H2,26,30)(H,27,31)/t15-,19+/m1/s1. The zero-order valence-electron chi connectivity index (χ0n) is 18.2. The Kier molecular flexibility index (Phi) is 5.96. The van der Waals surface area contributed by atoms with Gasteiger partial charge in [-0.1, -0.05) is 42.5 Å². The predicted molar refractivity (Wildman–Crippen MR) is 122 cm³/mol. The van der Waals surface area contributed by atoms with Crippen molar-refractivity contribution in [3.63, 3.8) is 0 Å². The lowest BCUT2D eigenvalue weighted by molar-refractivity contribution is 0.0949. The summed E-state index contributed by atoms with van der Waals surface area (Å²) in [5.41, 5.74) is 15.8. The minimum absolute atomic E-state index is 0.0437. The molecule has 1 aliphatic heterocycles. The Bertz CT molecular complexity index is 1150. The van der Waals surface area contributed by atoms with Crippen LogP contribution >= 0.6 is 0 Å². The van der Waals surface area contributed by atoms with Crippen LogP contribution in [0.5, 0.6) is 0 Å². The van der Waals surface area contributed by atoms with E-state index in [4.69, 9.17) is 16.2 Å². The average Bonchev–Trinajstić information content (AvgIpc) is 3.35. The minimum atomic E-state index is -0.620. The van der Waals surface area contributed by atoms with Crippen molar-refractivity contribution in [1.29, 1.82) is 0 Å². The molecule has 3 aromatic rings. The molecule has 8 heteroatoms.